The van der Waals surface area contributed by atoms with Crippen molar-refractivity contribution >= 4 is 22.9 Å². The SMILES string of the molecule is CNC(Cc1csc(C)n1)Cc1cccc(F)c1Cl. The monoisotopic (exact) mass is 298 g/mol. The predicted octanol–water partition coefficient (Wildman–Crippen LogP) is 3.62. The Morgan fingerprint density at radius 3 is 2.84 bits per heavy atom. The molecule has 5 heteroatoms. The molecule has 0 radical (unpaired) electrons. The Balaban J connectivity index is 2.08. The second-order valence-corrected chi connectivity index (χ2v) is 5.90. The molecule has 0 saturated heterocycles. The van der Waals surface area contributed by atoms with Crippen molar-refractivity contribution in [1.29, 1.82) is 0 Å². The van der Waals surface area contributed by atoms with Gasteiger partial charge in [-0.2, -0.15) is 0 Å². The minimum atomic E-state index is -0.362. The van der Waals surface area contributed by atoms with Gasteiger partial charge in [0.05, 0.1) is 15.7 Å². The summed E-state index contributed by atoms with van der Waals surface area (Å²) in [4.78, 5) is 4.45. The number of nitrogens with one attached hydrogen (secondary N) is 1. The van der Waals surface area contributed by atoms with Gasteiger partial charge in [-0.05, 0) is 32.0 Å². The average Bonchev–Trinajstić information content (AvgIpc) is 2.79. The number of rotatable bonds is 5. The lowest BCUT2D eigenvalue weighted by atomic mass is 10.0. The molecule has 102 valence electrons. The number of likely N-dealkylation sites (N-methyl/N-ethyl adjacent to an activating group) is 1. The molecule has 0 aliphatic heterocycles. The van der Waals surface area contributed by atoms with E-state index in [1.54, 1.807) is 17.4 Å². The van der Waals surface area contributed by atoms with E-state index in [1.165, 1.54) is 6.07 Å². The summed E-state index contributed by atoms with van der Waals surface area (Å²) >= 11 is 7.63. The maximum absolute atomic E-state index is 13.4. The highest BCUT2D eigenvalue weighted by molar-refractivity contribution is 7.09. The minimum absolute atomic E-state index is 0.195. The van der Waals surface area contributed by atoms with Crippen LogP contribution in [0.15, 0.2) is 23.6 Å². The average molecular weight is 299 g/mol. The third kappa shape index (κ3) is 3.75. The second kappa shape index (κ2) is 6.46. The molecule has 0 aliphatic rings. The largest absolute Gasteiger partial charge is 0.316 e. The van der Waals surface area contributed by atoms with Gasteiger partial charge in [-0.25, -0.2) is 9.37 Å². The highest BCUT2D eigenvalue weighted by Gasteiger charge is 2.14. The van der Waals surface area contributed by atoms with Crippen molar-refractivity contribution in [1.82, 2.24) is 10.3 Å². The summed E-state index contributed by atoms with van der Waals surface area (Å²) in [6.45, 7) is 1.99. The lowest BCUT2D eigenvalue weighted by molar-refractivity contribution is 0.548. The van der Waals surface area contributed by atoms with Gasteiger partial charge in [0, 0.05) is 17.8 Å². The van der Waals surface area contributed by atoms with Gasteiger partial charge < -0.3 is 5.32 Å². The van der Waals surface area contributed by atoms with E-state index in [9.17, 15) is 4.39 Å². The van der Waals surface area contributed by atoms with E-state index in [0.717, 1.165) is 22.7 Å². The van der Waals surface area contributed by atoms with E-state index in [-0.39, 0.29) is 16.9 Å². The third-order valence-electron chi connectivity index (χ3n) is 3.03. The van der Waals surface area contributed by atoms with E-state index in [1.807, 2.05) is 20.0 Å². The van der Waals surface area contributed by atoms with Gasteiger partial charge in [0.15, 0.2) is 0 Å². The van der Waals surface area contributed by atoms with Gasteiger partial charge in [-0.3, -0.25) is 0 Å². The van der Waals surface area contributed by atoms with Gasteiger partial charge in [0.1, 0.15) is 5.82 Å². The van der Waals surface area contributed by atoms with Gasteiger partial charge in [0.25, 0.3) is 0 Å². The zero-order valence-electron chi connectivity index (χ0n) is 10.9. The number of aryl methyl sites for hydroxylation is 1. The molecular formula is C14H16ClFN2S. The maximum Gasteiger partial charge on any atom is 0.142 e. The number of thiazole rings is 1. The number of benzene rings is 1. The van der Waals surface area contributed by atoms with Crippen LogP contribution in [0.4, 0.5) is 4.39 Å². The number of aromatic nitrogens is 1. The lowest BCUT2D eigenvalue weighted by Gasteiger charge is -2.16. The van der Waals surface area contributed by atoms with Crippen molar-refractivity contribution in [3.63, 3.8) is 0 Å². The van der Waals surface area contributed by atoms with Crippen molar-refractivity contribution in [2.75, 3.05) is 7.05 Å². The summed E-state index contributed by atoms with van der Waals surface area (Å²) in [6, 6.07) is 5.13. The van der Waals surface area contributed by atoms with Crippen LogP contribution < -0.4 is 5.32 Å². The number of hydrogen-bond acceptors (Lipinski definition) is 3. The molecule has 1 unspecified atom stereocenters. The van der Waals surface area contributed by atoms with Crippen LogP contribution in [0.2, 0.25) is 5.02 Å². The molecule has 1 atom stereocenters. The van der Waals surface area contributed by atoms with E-state index < -0.39 is 0 Å². The summed E-state index contributed by atoms with van der Waals surface area (Å²) < 4.78 is 13.4. The normalized spacial score (nSPS) is 12.6. The molecule has 0 bridgehead atoms. The Labute approximate surface area is 121 Å². The third-order valence-corrected chi connectivity index (χ3v) is 4.27. The van der Waals surface area contributed by atoms with Gasteiger partial charge in [-0.15, -0.1) is 11.3 Å². The number of hydrogen-bond donors (Lipinski definition) is 1. The maximum atomic E-state index is 13.4. The van der Waals surface area contributed by atoms with Crippen LogP contribution in [-0.2, 0) is 12.8 Å². The topological polar surface area (TPSA) is 24.9 Å². The lowest BCUT2D eigenvalue weighted by Crippen LogP contribution is -2.30. The van der Waals surface area contributed by atoms with Gasteiger partial charge in [-0.1, -0.05) is 23.7 Å². The molecule has 1 aromatic heterocycles. The summed E-state index contributed by atoms with van der Waals surface area (Å²) in [5.74, 6) is -0.362. The minimum Gasteiger partial charge on any atom is -0.316 e. The first-order chi connectivity index (χ1) is 9.10. The second-order valence-electron chi connectivity index (χ2n) is 4.46. The van der Waals surface area contributed by atoms with E-state index in [0.29, 0.717) is 6.42 Å². The fourth-order valence-electron chi connectivity index (χ4n) is 2.00. The molecule has 0 saturated carbocycles. The van der Waals surface area contributed by atoms with Crippen LogP contribution in [-0.4, -0.2) is 18.1 Å². The molecule has 2 aromatic rings. The number of halogens is 2. The smallest absolute Gasteiger partial charge is 0.142 e. The summed E-state index contributed by atoms with van der Waals surface area (Å²) in [5, 5.41) is 6.58. The predicted molar refractivity (Wildman–Crippen MR) is 78.5 cm³/mol. The molecule has 0 aliphatic carbocycles. The van der Waals surface area contributed by atoms with Crippen molar-refractivity contribution < 1.29 is 4.39 Å². The van der Waals surface area contributed by atoms with Crippen molar-refractivity contribution in [3.8, 4) is 0 Å². The molecule has 0 spiro atoms. The van der Waals surface area contributed by atoms with Crippen LogP contribution in [0.5, 0.6) is 0 Å². The molecule has 1 N–H and O–H groups in total. The molecule has 2 nitrogen and oxygen atoms in total. The van der Waals surface area contributed by atoms with E-state index in [2.05, 4.69) is 15.7 Å². The quantitative estimate of drug-likeness (QED) is 0.912. The summed E-state index contributed by atoms with van der Waals surface area (Å²) in [6.07, 6.45) is 1.50. The molecule has 19 heavy (non-hydrogen) atoms. The fraction of sp³-hybridized carbons (Fsp3) is 0.357. The summed E-state index contributed by atoms with van der Waals surface area (Å²) in [7, 11) is 1.90. The van der Waals surface area contributed by atoms with Crippen molar-refractivity contribution in [2.45, 2.75) is 25.8 Å². The molecule has 1 aromatic carbocycles. The first-order valence-corrected chi connectivity index (χ1v) is 7.37. The van der Waals surface area contributed by atoms with E-state index >= 15 is 0 Å². The Bertz CT molecular complexity index is 556. The molecule has 0 amide bonds. The van der Waals surface area contributed by atoms with Gasteiger partial charge in [0.2, 0.25) is 0 Å². The Morgan fingerprint density at radius 2 is 2.21 bits per heavy atom. The standard InChI is InChI=1S/C14H16ClFN2S/c1-9-18-12(8-19-9)7-11(17-2)6-10-4-3-5-13(16)14(10)15/h3-5,8,11,17H,6-7H2,1-2H3. The Hall–Kier alpha value is -0.970. The van der Waals surface area contributed by atoms with Crippen LogP contribution in [0.1, 0.15) is 16.3 Å². The molecular weight excluding hydrogens is 283 g/mol. The Morgan fingerprint density at radius 1 is 1.42 bits per heavy atom. The first kappa shape index (κ1) is 14.4. The zero-order valence-corrected chi connectivity index (χ0v) is 12.5. The molecule has 1 heterocycles. The van der Waals surface area contributed by atoms with Crippen LogP contribution in [0.25, 0.3) is 0 Å². The van der Waals surface area contributed by atoms with Crippen molar-refractivity contribution in [3.05, 3.63) is 50.7 Å². The van der Waals surface area contributed by atoms with Crippen LogP contribution in [0.3, 0.4) is 0 Å². The van der Waals surface area contributed by atoms with Crippen molar-refractivity contribution in [2.24, 2.45) is 0 Å². The zero-order chi connectivity index (χ0) is 13.8. The van der Waals surface area contributed by atoms with E-state index in [4.69, 9.17) is 11.6 Å². The Kier molecular flexibility index (Phi) is 4.91. The van der Waals surface area contributed by atoms with Crippen LogP contribution >= 0.6 is 22.9 Å². The number of nitrogens with zero attached hydrogens (tertiary/aromatic N) is 1. The first-order valence-electron chi connectivity index (χ1n) is 6.11. The molecule has 2 rings (SSSR count). The fourth-order valence-corrected chi connectivity index (χ4v) is 2.83. The summed E-state index contributed by atoms with van der Waals surface area (Å²) in [5.41, 5.74) is 1.89. The van der Waals surface area contributed by atoms with Gasteiger partial charge >= 0.3 is 0 Å². The van der Waals surface area contributed by atoms with Crippen LogP contribution in [0, 0.1) is 12.7 Å². The highest BCUT2D eigenvalue weighted by Crippen LogP contribution is 2.22. The highest BCUT2D eigenvalue weighted by atomic mass is 35.5. The molecule has 0 fully saturated rings.